The molecular weight excluding hydrogens is 306 g/mol. The van der Waals surface area contributed by atoms with E-state index in [2.05, 4.69) is 47.2 Å². The van der Waals surface area contributed by atoms with E-state index in [1.54, 1.807) is 0 Å². The molecule has 1 aromatic carbocycles. The third-order valence-corrected chi connectivity index (χ3v) is 3.16. The van der Waals surface area contributed by atoms with E-state index in [4.69, 9.17) is 9.47 Å². The van der Waals surface area contributed by atoms with Gasteiger partial charge in [0.25, 0.3) is 0 Å². The van der Waals surface area contributed by atoms with E-state index >= 15 is 0 Å². The van der Waals surface area contributed by atoms with Crippen LogP contribution in [0.15, 0.2) is 28.7 Å². The van der Waals surface area contributed by atoms with E-state index < -0.39 is 0 Å². The molecule has 0 bridgehead atoms. The minimum Gasteiger partial charge on any atom is -0.379 e. The maximum absolute atomic E-state index is 5.89. The lowest BCUT2D eigenvalue weighted by atomic mass is 10.1. The zero-order valence-electron chi connectivity index (χ0n) is 12.0. The van der Waals surface area contributed by atoms with Crippen LogP contribution in [0.25, 0.3) is 0 Å². The third-order valence-electron chi connectivity index (χ3n) is 2.63. The van der Waals surface area contributed by atoms with E-state index in [-0.39, 0.29) is 6.10 Å². The quantitative estimate of drug-likeness (QED) is 0.704. The Labute approximate surface area is 124 Å². The third kappa shape index (κ3) is 7.06. The normalized spacial score (nSPS) is 12.9. The number of benzene rings is 1. The van der Waals surface area contributed by atoms with Crippen molar-refractivity contribution in [3.05, 3.63) is 34.3 Å². The second-order valence-corrected chi connectivity index (χ2v) is 5.85. The van der Waals surface area contributed by atoms with Crippen molar-refractivity contribution in [2.24, 2.45) is 5.92 Å². The molecule has 0 aliphatic rings. The van der Waals surface area contributed by atoms with Crippen LogP contribution in [0, 0.1) is 5.92 Å². The minimum atomic E-state index is 0.0701. The molecule has 1 aromatic rings. The molecule has 0 fully saturated rings. The highest BCUT2D eigenvalue weighted by atomic mass is 79.9. The van der Waals surface area contributed by atoms with E-state index in [0.717, 1.165) is 17.6 Å². The number of halogens is 1. The standard InChI is InChI=1S/C15H24BrNO2/c1-12(2)11-18-8-9-19-15(10-17-3)13-4-6-14(16)7-5-13/h4-7,12,15,17H,8-11H2,1-3H3. The van der Waals surface area contributed by atoms with Crippen LogP contribution < -0.4 is 5.32 Å². The van der Waals surface area contributed by atoms with Crippen LogP contribution in [0.4, 0.5) is 0 Å². The molecule has 1 N–H and O–H groups in total. The lowest BCUT2D eigenvalue weighted by Crippen LogP contribution is -2.21. The molecule has 4 heteroatoms. The molecule has 1 atom stereocenters. The number of rotatable bonds is 9. The Bertz CT molecular complexity index is 341. The molecule has 1 unspecified atom stereocenters. The molecule has 0 radical (unpaired) electrons. The predicted octanol–water partition coefficient (Wildman–Crippen LogP) is 3.40. The predicted molar refractivity (Wildman–Crippen MR) is 82.4 cm³/mol. The summed E-state index contributed by atoms with van der Waals surface area (Å²) in [5.41, 5.74) is 1.18. The van der Waals surface area contributed by atoms with Gasteiger partial charge in [0.2, 0.25) is 0 Å². The van der Waals surface area contributed by atoms with Crippen LogP contribution in [0.3, 0.4) is 0 Å². The van der Waals surface area contributed by atoms with E-state index in [1.807, 2.05) is 19.2 Å². The van der Waals surface area contributed by atoms with E-state index in [1.165, 1.54) is 5.56 Å². The lowest BCUT2D eigenvalue weighted by molar-refractivity contribution is -0.000665. The Morgan fingerprint density at radius 2 is 1.84 bits per heavy atom. The topological polar surface area (TPSA) is 30.5 Å². The van der Waals surface area contributed by atoms with Gasteiger partial charge < -0.3 is 14.8 Å². The Hall–Kier alpha value is -0.420. The first-order valence-electron chi connectivity index (χ1n) is 6.73. The molecule has 0 aliphatic heterocycles. The first kappa shape index (κ1) is 16.6. The maximum Gasteiger partial charge on any atom is 0.0950 e. The Morgan fingerprint density at radius 1 is 1.16 bits per heavy atom. The summed E-state index contributed by atoms with van der Waals surface area (Å²) in [7, 11) is 1.93. The van der Waals surface area contributed by atoms with Gasteiger partial charge in [0.15, 0.2) is 0 Å². The molecule has 0 heterocycles. The van der Waals surface area contributed by atoms with Gasteiger partial charge in [-0.15, -0.1) is 0 Å². The number of nitrogens with one attached hydrogen (secondary N) is 1. The van der Waals surface area contributed by atoms with Crippen molar-refractivity contribution in [2.75, 3.05) is 33.4 Å². The van der Waals surface area contributed by atoms with Crippen LogP contribution in [-0.2, 0) is 9.47 Å². The molecule has 3 nitrogen and oxygen atoms in total. The molecule has 108 valence electrons. The fourth-order valence-electron chi connectivity index (χ4n) is 1.70. The van der Waals surface area contributed by atoms with Gasteiger partial charge in [-0.25, -0.2) is 0 Å². The van der Waals surface area contributed by atoms with Gasteiger partial charge in [-0.05, 0) is 30.7 Å². The van der Waals surface area contributed by atoms with Crippen LogP contribution in [0.1, 0.15) is 25.5 Å². The molecule has 0 aliphatic carbocycles. The monoisotopic (exact) mass is 329 g/mol. The van der Waals surface area contributed by atoms with Crippen molar-refractivity contribution in [1.29, 1.82) is 0 Å². The summed E-state index contributed by atoms with van der Waals surface area (Å²) in [5.74, 6) is 0.569. The summed E-state index contributed by atoms with van der Waals surface area (Å²) in [6.07, 6.45) is 0.0701. The van der Waals surface area contributed by atoms with Gasteiger partial charge in [-0.3, -0.25) is 0 Å². The summed E-state index contributed by atoms with van der Waals surface area (Å²) < 4.78 is 12.5. The maximum atomic E-state index is 5.89. The lowest BCUT2D eigenvalue weighted by Gasteiger charge is -2.18. The van der Waals surface area contributed by atoms with Gasteiger partial charge in [0, 0.05) is 17.6 Å². The van der Waals surface area contributed by atoms with E-state index in [9.17, 15) is 0 Å². The highest BCUT2D eigenvalue weighted by molar-refractivity contribution is 9.10. The van der Waals surface area contributed by atoms with Gasteiger partial charge in [-0.2, -0.15) is 0 Å². The first-order chi connectivity index (χ1) is 9.13. The van der Waals surface area contributed by atoms with Crippen LogP contribution in [0.5, 0.6) is 0 Å². The number of ether oxygens (including phenoxy) is 2. The summed E-state index contributed by atoms with van der Waals surface area (Å²) in [6, 6.07) is 8.25. The summed E-state index contributed by atoms with van der Waals surface area (Å²) in [5, 5.41) is 3.16. The summed E-state index contributed by atoms with van der Waals surface area (Å²) in [6.45, 7) is 7.15. The van der Waals surface area contributed by atoms with Gasteiger partial charge in [0.05, 0.1) is 19.3 Å². The fourth-order valence-corrected chi connectivity index (χ4v) is 1.97. The van der Waals surface area contributed by atoms with Crippen molar-refractivity contribution in [3.8, 4) is 0 Å². The van der Waals surface area contributed by atoms with Crippen LogP contribution in [0.2, 0.25) is 0 Å². The average Bonchev–Trinajstić information content (AvgIpc) is 2.38. The molecule has 0 saturated carbocycles. The summed E-state index contributed by atoms with van der Waals surface area (Å²) in [4.78, 5) is 0. The van der Waals surface area contributed by atoms with Crippen molar-refractivity contribution in [3.63, 3.8) is 0 Å². The van der Waals surface area contributed by atoms with Crippen molar-refractivity contribution < 1.29 is 9.47 Å². The molecule has 1 rings (SSSR count). The zero-order chi connectivity index (χ0) is 14.1. The Morgan fingerprint density at radius 3 is 2.42 bits per heavy atom. The van der Waals surface area contributed by atoms with Gasteiger partial charge in [-0.1, -0.05) is 41.9 Å². The Balaban J connectivity index is 2.38. The van der Waals surface area contributed by atoms with Crippen molar-refractivity contribution in [2.45, 2.75) is 20.0 Å². The number of hydrogen-bond acceptors (Lipinski definition) is 3. The SMILES string of the molecule is CNCC(OCCOCC(C)C)c1ccc(Br)cc1. The van der Waals surface area contributed by atoms with Gasteiger partial charge in [0.1, 0.15) is 0 Å². The zero-order valence-corrected chi connectivity index (χ0v) is 13.6. The van der Waals surface area contributed by atoms with E-state index in [0.29, 0.717) is 19.1 Å². The summed E-state index contributed by atoms with van der Waals surface area (Å²) >= 11 is 3.44. The molecule has 19 heavy (non-hydrogen) atoms. The molecule has 0 spiro atoms. The van der Waals surface area contributed by atoms with Crippen molar-refractivity contribution >= 4 is 15.9 Å². The number of likely N-dealkylation sites (N-methyl/N-ethyl adjacent to an activating group) is 1. The second-order valence-electron chi connectivity index (χ2n) is 4.94. The largest absolute Gasteiger partial charge is 0.379 e. The first-order valence-corrected chi connectivity index (χ1v) is 7.52. The van der Waals surface area contributed by atoms with Crippen LogP contribution >= 0.6 is 15.9 Å². The number of hydrogen-bond donors (Lipinski definition) is 1. The molecule has 0 saturated heterocycles. The molecule has 0 amide bonds. The molecule has 0 aromatic heterocycles. The van der Waals surface area contributed by atoms with Crippen molar-refractivity contribution in [1.82, 2.24) is 5.32 Å². The average molecular weight is 330 g/mol. The minimum absolute atomic E-state index is 0.0701. The fraction of sp³-hybridized carbons (Fsp3) is 0.600. The second kappa shape index (κ2) is 9.48. The Kier molecular flexibility index (Phi) is 8.30. The highest BCUT2D eigenvalue weighted by Gasteiger charge is 2.10. The molecular formula is C15H24BrNO2. The van der Waals surface area contributed by atoms with Crippen LogP contribution in [-0.4, -0.2) is 33.4 Å². The smallest absolute Gasteiger partial charge is 0.0950 e. The van der Waals surface area contributed by atoms with Gasteiger partial charge >= 0.3 is 0 Å². The highest BCUT2D eigenvalue weighted by Crippen LogP contribution is 2.19.